The van der Waals surface area contributed by atoms with Crippen molar-refractivity contribution in [3.05, 3.63) is 84.4 Å². The maximum atomic E-state index is 12.9. The van der Waals surface area contributed by atoms with Crippen LogP contribution in [0.4, 0.5) is 16.2 Å². The van der Waals surface area contributed by atoms with Crippen LogP contribution in [0.1, 0.15) is 10.4 Å². The van der Waals surface area contributed by atoms with Crippen molar-refractivity contribution in [2.45, 2.75) is 0 Å². The van der Waals surface area contributed by atoms with Gasteiger partial charge in [-0.3, -0.25) is 0 Å². The molecule has 0 aliphatic rings. The Morgan fingerprint density at radius 3 is 1.93 bits per heavy atom. The van der Waals surface area contributed by atoms with Crippen molar-refractivity contribution in [1.29, 1.82) is 0 Å². The van der Waals surface area contributed by atoms with E-state index in [0.29, 0.717) is 11.4 Å². The summed E-state index contributed by atoms with van der Waals surface area (Å²) < 4.78 is 10.1. The Balaban J connectivity index is 1.93. The number of hydrogen-bond donors (Lipinski definition) is 1. The highest BCUT2D eigenvalue weighted by atomic mass is 16.6. The van der Waals surface area contributed by atoms with E-state index in [1.807, 2.05) is 36.4 Å². The van der Waals surface area contributed by atoms with Crippen molar-refractivity contribution in [1.82, 2.24) is 0 Å². The van der Waals surface area contributed by atoms with Crippen LogP contribution in [0.2, 0.25) is 0 Å². The molecule has 0 aromatic heterocycles. The molecular weight excluding hydrogens is 346 g/mol. The first-order valence-corrected chi connectivity index (χ1v) is 8.13. The van der Waals surface area contributed by atoms with Gasteiger partial charge < -0.3 is 14.6 Å². The number of para-hydroxylation sites is 2. The van der Waals surface area contributed by atoms with Crippen LogP contribution in [0.15, 0.2) is 78.9 Å². The maximum Gasteiger partial charge on any atom is 0.424 e. The average Bonchev–Trinajstić information content (AvgIpc) is 2.70. The van der Waals surface area contributed by atoms with Crippen molar-refractivity contribution in [3.8, 4) is 11.5 Å². The zero-order chi connectivity index (χ0) is 19.2. The third-order valence-corrected chi connectivity index (χ3v) is 3.79. The van der Waals surface area contributed by atoms with E-state index in [2.05, 4.69) is 4.74 Å². The Kier molecular flexibility index (Phi) is 5.37. The van der Waals surface area contributed by atoms with Gasteiger partial charge in [0.15, 0.2) is 0 Å². The summed E-state index contributed by atoms with van der Waals surface area (Å²) in [5.41, 5.74) is 1.16. The van der Waals surface area contributed by atoms with Gasteiger partial charge in [-0.1, -0.05) is 36.4 Å². The number of ether oxygens (including phenoxy) is 2. The third-order valence-electron chi connectivity index (χ3n) is 3.79. The van der Waals surface area contributed by atoms with Crippen molar-refractivity contribution in [2.24, 2.45) is 0 Å². The number of nitrogens with zero attached hydrogens (tertiary/aromatic N) is 1. The summed E-state index contributed by atoms with van der Waals surface area (Å²) in [6.45, 7) is 0. The van der Waals surface area contributed by atoms with Crippen LogP contribution in [0.5, 0.6) is 11.5 Å². The predicted octanol–water partition coefficient (Wildman–Crippen LogP) is 4.52. The Labute approximate surface area is 156 Å². The lowest BCUT2D eigenvalue weighted by atomic mass is 10.2. The fourth-order valence-electron chi connectivity index (χ4n) is 2.51. The second-order valence-electron chi connectivity index (χ2n) is 5.55. The van der Waals surface area contributed by atoms with Crippen molar-refractivity contribution in [3.63, 3.8) is 0 Å². The molecule has 6 nitrogen and oxygen atoms in total. The second-order valence-corrected chi connectivity index (χ2v) is 5.55. The summed E-state index contributed by atoms with van der Waals surface area (Å²) in [7, 11) is 1.20. The summed E-state index contributed by atoms with van der Waals surface area (Å²) in [6.07, 6.45) is -0.658. The Morgan fingerprint density at radius 1 is 0.852 bits per heavy atom. The zero-order valence-corrected chi connectivity index (χ0v) is 14.5. The highest BCUT2D eigenvalue weighted by Gasteiger charge is 2.21. The van der Waals surface area contributed by atoms with E-state index in [1.165, 1.54) is 30.2 Å². The van der Waals surface area contributed by atoms with E-state index < -0.39 is 12.1 Å². The van der Waals surface area contributed by atoms with Gasteiger partial charge in [-0.25, -0.2) is 14.5 Å². The van der Waals surface area contributed by atoms with Gasteiger partial charge in [0.2, 0.25) is 0 Å². The van der Waals surface area contributed by atoms with E-state index in [9.17, 15) is 14.7 Å². The number of amides is 1. The number of hydrogen-bond acceptors (Lipinski definition) is 5. The minimum atomic E-state index is -0.728. The summed E-state index contributed by atoms with van der Waals surface area (Å²) in [4.78, 5) is 26.0. The van der Waals surface area contributed by atoms with Crippen LogP contribution < -0.4 is 9.64 Å². The standard InChI is InChI=1S/C21H17NO5/c1-26-20(24)18-14-17(12-13-19(18)23)27-21(25)22(15-8-4-2-5-9-15)16-10-6-3-7-11-16/h2-14,23H,1H3. The molecule has 3 aromatic rings. The van der Waals surface area contributed by atoms with Gasteiger partial charge >= 0.3 is 12.1 Å². The minimum absolute atomic E-state index is 0.0891. The van der Waals surface area contributed by atoms with E-state index >= 15 is 0 Å². The molecule has 0 saturated carbocycles. The molecule has 0 heterocycles. The normalized spacial score (nSPS) is 10.1. The van der Waals surface area contributed by atoms with Gasteiger partial charge in [-0.05, 0) is 42.5 Å². The summed E-state index contributed by atoms with van der Waals surface area (Å²) in [5.74, 6) is -0.881. The smallest absolute Gasteiger partial charge is 0.424 e. The number of methoxy groups -OCH3 is 1. The summed E-state index contributed by atoms with van der Waals surface area (Å²) >= 11 is 0. The van der Waals surface area contributed by atoms with Crippen LogP contribution in [-0.4, -0.2) is 24.3 Å². The van der Waals surface area contributed by atoms with E-state index in [1.54, 1.807) is 24.3 Å². The average molecular weight is 363 g/mol. The van der Waals surface area contributed by atoms with Crippen molar-refractivity contribution in [2.75, 3.05) is 12.0 Å². The van der Waals surface area contributed by atoms with Crippen LogP contribution in [0, 0.1) is 0 Å². The molecule has 6 heteroatoms. The minimum Gasteiger partial charge on any atom is -0.507 e. The van der Waals surface area contributed by atoms with E-state index in [0.717, 1.165) is 0 Å². The largest absolute Gasteiger partial charge is 0.507 e. The van der Waals surface area contributed by atoms with Gasteiger partial charge in [0, 0.05) is 0 Å². The lowest BCUT2D eigenvalue weighted by Gasteiger charge is -2.22. The quantitative estimate of drug-likeness (QED) is 0.690. The molecule has 0 fully saturated rings. The summed E-state index contributed by atoms with van der Waals surface area (Å²) in [6, 6.07) is 22.0. The Bertz CT molecular complexity index is 902. The number of benzene rings is 3. The highest BCUT2D eigenvalue weighted by molar-refractivity contribution is 5.97. The summed E-state index contributed by atoms with van der Waals surface area (Å²) in [5, 5.41) is 9.78. The number of aromatic hydroxyl groups is 1. The van der Waals surface area contributed by atoms with Crippen molar-refractivity contribution >= 4 is 23.4 Å². The first kappa shape index (κ1) is 18.0. The molecule has 27 heavy (non-hydrogen) atoms. The number of carbonyl (C=O) groups excluding carboxylic acids is 2. The predicted molar refractivity (Wildman–Crippen MR) is 100 cm³/mol. The maximum absolute atomic E-state index is 12.9. The van der Waals surface area contributed by atoms with Crippen LogP contribution >= 0.6 is 0 Å². The molecule has 3 aromatic carbocycles. The fraction of sp³-hybridized carbons (Fsp3) is 0.0476. The third kappa shape index (κ3) is 4.07. The number of esters is 1. The molecule has 0 radical (unpaired) electrons. The molecule has 3 rings (SSSR count). The second kappa shape index (κ2) is 8.05. The molecule has 1 N–H and O–H groups in total. The van der Waals surface area contributed by atoms with Crippen LogP contribution in [-0.2, 0) is 4.74 Å². The number of phenols is 1. The zero-order valence-electron chi connectivity index (χ0n) is 14.5. The highest BCUT2D eigenvalue weighted by Crippen LogP contribution is 2.28. The first-order valence-electron chi connectivity index (χ1n) is 8.13. The van der Waals surface area contributed by atoms with Crippen LogP contribution in [0.3, 0.4) is 0 Å². The van der Waals surface area contributed by atoms with Gasteiger partial charge in [0.25, 0.3) is 0 Å². The molecule has 1 amide bonds. The fourth-order valence-corrected chi connectivity index (χ4v) is 2.51. The number of carbonyl (C=O) groups is 2. The topological polar surface area (TPSA) is 76.1 Å². The molecule has 0 unspecified atom stereocenters. The lowest BCUT2D eigenvalue weighted by Crippen LogP contribution is -2.29. The van der Waals surface area contributed by atoms with Gasteiger partial charge in [-0.2, -0.15) is 0 Å². The molecule has 0 atom stereocenters. The molecule has 0 aliphatic carbocycles. The van der Waals surface area contributed by atoms with Gasteiger partial charge in [0.1, 0.15) is 17.1 Å². The van der Waals surface area contributed by atoms with E-state index in [-0.39, 0.29) is 17.1 Å². The molecule has 0 aliphatic heterocycles. The molecule has 0 spiro atoms. The molecule has 0 saturated heterocycles. The molecular formula is C21H17NO5. The van der Waals surface area contributed by atoms with Gasteiger partial charge in [-0.15, -0.1) is 0 Å². The lowest BCUT2D eigenvalue weighted by molar-refractivity contribution is 0.0597. The monoisotopic (exact) mass is 363 g/mol. The SMILES string of the molecule is COC(=O)c1cc(OC(=O)N(c2ccccc2)c2ccccc2)ccc1O. The Morgan fingerprint density at radius 2 is 1.41 bits per heavy atom. The van der Waals surface area contributed by atoms with Crippen molar-refractivity contribution < 1.29 is 24.2 Å². The van der Waals surface area contributed by atoms with Crippen LogP contribution in [0.25, 0.3) is 0 Å². The van der Waals surface area contributed by atoms with E-state index in [4.69, 9.17) is 4.74 Å². The molecule has 136 valence electrons. The number of rotatable bonds is 4. The molecule has 0 bridgehead atoms. The first-order chi connectivity index (χ1) is 13.1. The van der Waals surface area contributed by atoms with Gasteiger partial charge in [0.05, 0.1) is 18.5 Å². The Hall–Kier alpha value is -3.80. The number of anilines is 2. The number of phenolic OH excluding ortho intramolecular Hbond substituents is 1.